The Morgan fingerprint density at radius 1 is 1.19 bits per heavy atom. The molecule has 0 heterocycles. The predicted octanol–water partition coefficient (Wildman–Crippen LogP) is 3.53. The summed E-state index contributed by atoms with van der Waals surface area (Å²) >= 11 is 12.1. The Labute approximate surface area is 112 Å². The van der Waals surface area contributed by atoms with Gasteiger partial charge in [0, 0.05) is 21.5 Å². The van der Waals surface area contributed by atoms with Crippen LogP contribution < -0.4 is 0 Å². The van der Waals surface area contributed by atoms with Crippen LogP contribution >= 0.6 is 23.2 Å². The second kappa shape index (κ2) is 6.09. The van der Waals surface area contributed by atoms with Gasteiger partial charge in [0.05, 0.1) is 0 Å². The van der Waals surface area contributed by atoms with Crippen LogP contribution in [-0.4, -0.2) is 15.6 Å². The van der Waals surface area contributed by atoms with E-state index in [9.17, 15) is 0 Å². The minimum absolute atomic E-state index is 0.284. The molecule has 1 atom stereocenters. The monoisotopic (exact) mass is 274 g/mol. The summed E-state index contributed by atoms with van der Waals surface area (Å²) in [7, 11) is 1.14. The second-order valence-electron chi connectivity index (χ2n) is 5.32. The maximum atomic E-state index is 6.38. The number of benzene rings is 1. The van der Waals surface area contributed by atoms with Gasteiger partial charge in [0.2, 0.25) is 0 Å². The molecule has 0 aliphatic rings. The summed E-state index contributed by atoms with van der Waals surface area (Å²) in [6.07, 6.45) is 2.11. The molecule has 0 amide bonds. The van der Waals surface area contributed by atoms with Gasteiger partial charge in [-0.25, -0.2) is 0 Å². The van der Waals surface area contributed by atoms with E-state index in [1.54, 1.807) is 0 Å². The molecule has 0 nitrogen and oxygen atoms in total. The smallest absolute Gasteiger partial charge is 0.0474 e. The van der Waals surface area contributed by atoms with E-state index in [-0.39, 0.29) is 5.38 Å². The van der Waals surface area contributed by atoms with Crippen molar-refractivity contribution in [1.29, 1.82) is 0 Å². The minimum Gasteiger partial charge on any atom is -0.123 e. The van der Waals surface area contributed by atoms with Crippen molar-refractivity contribution in [2.75, 3.05) is 0 Å². The quantitative estimate of drug-likeness (QED) is 0.569. The van der Waals surface area contributed by atoms with Crippen molar-refractivity contribution in [2.24, 2.45) is 0 Å². The molecule has 90 valence electrons. The largest absolute Gasteiger partial charge is 0.123 e. The third-order valence-corrected chi connectivity index (χ3v) is 5.05. The van der Waals surface area contributed by atoms with Gasteiger partial charge in [-0.15, -0.1) is 23.2 Å². The summed E-state index contributed by atoms with van der Waals surface area (Å²) in [4.78, 5) is 0. The number of hydrogen-bond donors (Lipinski definition) is 0. The average Bonchev–Trinajstić information content (AvgIpc) is 2.25. The Morgan fingerprint density at radius 2 is 1.69 bits per heavy atom. The molecule has 0 fully saturated rings. The van der Waals surface area contributed by atoms with E-state index in [0.717, 1.165) is 23.1 Å². The maximum absolute atomic E-state index is 6.38. The van der Waals surface area contributed by atoms with Crippen LogP contribution in [0.1, 0.15) is 31.4 Å². The Morgan fingerprint density at radius 3 is 2.12 bits per heavy atom. The minimum atomic E-state index is 0.284. The molecule has 0 radical (unpaired) electrons. The Hall–Kier alpha value is 0.0169. The van der Waals surface area contributed by atoms with Crippen molar-refractivity contribution >= 4 is 33.4 Å². The highest BCUT2D eigenvalue weighted by atomic mass is 35.5. The fourth-order valence-electron chi connectivity index (χ4n) is 1.52. The summed E-state index contributed by atoms with van der Waals surface area (Å²) in [5.41, 5.74) is 2.53. The second-order valence-corrected chi connectivity index (χ2v) is 8.69. The van der Waals surface area contributed by atoms with Crippen molar-refractivity contribution in [3.63, 3.8) is 0 Å². The molecule has 0 aromatic heterocycles. The van der Waals surface area contributed by atoms with Gasteiger partial charge in [0.1, 0.15) is 0 Å². The van der Waals surface area contributed by atoms with Gasteiger partial charge < -0.3 is 0 Å². The Balaban J connectivity index is 2.48. The molecular formula is C13H20Cl2Si. The van der Waals surface area contributed by atoms with Crippen LogP contribution in [0.15, 0.2) is 24.3 Å². The van der Waals surface area contributed by atoms with Gasteiger partial charge in [-0.3, -0.25) is 0 Å². The Kier molecular flexibility index (Phi) is 5.36. The van der Waals surface area contributed by atoms with Crippen molar-refractivity contribution in [3.8, 4) is 0 Å². The van der Waals surface area contributed by atoms with Gasteiger partial charge in [0.25, 0.3) is 0 Å². The highest BCUT2D eigenvalue weighted by Crippen LogP contribution is 2.32. The van der Waals surface area contributed by atoms with E-state index < -0.39 is 0 Å². The first-order valence-electron chi connectivity index (χ1n) is 5.71. The van der Waals surface area contributed by atoms with Crippen molar-refractivity contribution < 1.29 is 0 Å². The number of rotatable bonds is 5. The van der Waals surface area contributed by atoms with Crippen LogP contribution in [-0.2, 0) is 12.3 Å². The summed E-state index contributed by atoms with van der Waals surface area (Å²) in [5.74, 6) is 0.589. The van der Waals surface area contributed by atoms with E-state index in [4.69, 9.17) is 23.2 Å². The molecule has 1 unspecified atom stereocenters. The lowest BCUT2D eigenvalue weighted by Gasteiger charge is -2.25. The lowest BCUT2D eigenvalue weighted by molar-refractivity contribution is 0.587. The van der Waals surface area contributed by atoms with E-state index in [2.05, 4.69) is 38.1 Å². The highest BCUT2D eigenvalue weighted by molar-refractivity contribution is 6.28. The van der Waals surface area contributed by atoms with Gasteiger partial charge >= 0.3 is 0 Å². The van der Waals surface area contributed by atoms with Gasteiger partial charge in [-0.05, 0) is 29.0 Å². The summed E-state index contributed by atoms with van der Waals surface area (Å²) in [6, 6.07) is 8.50. The molecule has 0 N–H and O–H groups in total. The zero-order chi connectivity index (χ0) is 12.2. The maximum Gasteiger partial charge on any atom is 0.0474 e. The van der Waals surface area contributed by atoms with Crippen LogP contribution in [0.2, 0.25) is 5.04 Å². The van der Waals surface area contributed by atoms with Crippen LogP contribution in [0.25, 0.3) is 0 Å². The third-order valence-electron chi connectivity index (χ3n) is 2.80. The predicted molar refractivity (Wildman–Crippen MR) is 77.9 cm³/mol. The number of halogens is 2. The topological polar surface area (TPSA) is 0 Å². The standard InChI is InChI=1S/C13H20Cl2Si/c1-13(2,16)12(15)8-7-10-3-5-11(9-14)6-4-10/h3-6,12H,7-9H2,1-2,16H3. The summed E-state index contributed by atoms with van der Waals surface area (Å²) in [5, 5.41) is 0.601. The zero-order valence-electron chi connectivity index (χ0n) is 10.3. The molecule has 0 spiro atoms. The lowest BCUT2D eigenvalue weighted by Crippen LogP contribution is -2.18. The fourth-order valence-corrected chi connectivity index (χ4v) is 2.10. The Bertz CT molecular complexity index is 314. The van der Waals surface area contributed by atoms with E-state index >= 15 is 0 Å². The SMILES string of the molecule is CC(C)([SiH3])C(Cl)CCc1ccc(CCl)cc1. The molecular weight excluding hydrogens is 255 g/mol. The number of aryl methyl sites for hydroxylation is 1. The van der Waals surface area contributed by atoms with Crippen molar-refractivity contribution in [3.05, 3.63) is 35.4 Å². The molecule has 1 aromatic rings. The molecule has 0 aliphatic carbocycles. The first-order valence-corrected chi connectivity index (χ1v) is 7.68. The van der Waals surface area contributed by atoms with Crippen LogP contribution in [0.4, 0.5) is 0 Å². The van der Waals surface area contributed by atoms with E-state index in [0.29, 0.717) is 10.9 Å². The molecule has 1 aromatic carbocycles. The lowest BCUT2D eigenvalue weighted by atomic mass is 10.0. The molecule has 0 aliphatic heterocycles. The first kappa shape index (κ1) is 14.1. The molecule has 1 rings (SSSR count). The van der Waals surface area contributed by atoms with Gasteiger partial charge in [-0.2, -0.15) is 0 Å². The van der Waals surface area contributed by atoms with Crippen molar-refractivity contribution in [1.82, 2.24) is 0 Å². The van der Waals surface area contributed by atoms with Crippen LogP contribution in [0.5, 0.6) is 0 Å². The zero-order valence-corrected chi connectivity index (χ0v) is 13.8. The van der Waals surface area contributed by atoms with Crippen LogP contribution in [0, 0.1) is 0 Å². The van der Waals surface area contributed by atoms with Crippen molar-refractivity contribution in [2.45, 2.75) is 43.0 Å². The number of alkyl halides is 2. The molecule has 16 heavy (non-hydrogen) atoms. The molecule has 0 bridgehead atoms. The molecule has 0 saturated carbocycles. The molecule has 0 saturated heterocycles. The summed E-state index contributed by atoms with van der Waals surface area (Å²) < 4.78 is 0. The average molecular weight is 275 g/mol. The number of hydrogen-bond acceptors (Lipinski definition) is 0. The highest BCUT2D eigenvalue weighted by Gasteiger charge is 2.21. The van der Waals surface area contributed by atoms with E-state index in [1.165, 1.54) is 11.1 Å². The summed E-state index contributed by atoms with van der Waals surface area (Å²) in [6.45, 7) is 4.49. The normalized spacial score (nSPS) is 14.0. The first-order chi connectivity index (χ1) is 7.43. The van der Waals surface area contributed by atoms with Crippen LogP contribution in [0.3, 0.4) is 0 Å². The third kappa shape index (κ3) is 4.48. The van der Waals surface area contributed by atoms with Gasteiger partial charge in [-0.1, -0.05) is 38.1 Å². The van der Waals surface area contributed by atoms with Gasteiger partial charge in [0.15, 0.2) is 0 Å². The molecule has 3 heteroatoms. The van der Waals surface area contributed by atoms with E-state index in [1.807, 2.05) is 0 Å². The fraction of sp³-hybridized carbons (Fsp3) is 0.538.